The molecule has 4 N–H and O–H groups in total. The third kappa shape index (κ3) is 2.00. The number of thiophene rings is 1. The molecule has 72 valence electrons. The van der Waals surface area contributed by atoms with Crippen LogP contribution in [0.4, 0.5) is 11.5 Å². The fraction of sp³-hybridized carbons (Fsp3) is 0. The van der Waals surface area contributed by atoms with Gasteiger partial charge in [-0.25, -0.2) is 4.98 Å². The molecule has 0 amide bonds. The van der Waals surface area contributed by atoms with Crippen molar-refractivity contribution in [1.82, 2.24) is 4.98 Å². The van der Waals surface area contributed by atoms with Gasteiger partial charge in [-0.15, -0.1) is 11.3 Å². The summed E-state index contributed by atoms with van der Waals surface area (Å²) in [4.78, 5) is 4.17. The summed E-state index contributed by atoms with van der Waals surface area (Å²) in [5, 5.41) is 2.90. The summed E-state index contributed by atoms with van der Waals surface area (Å²) in [6.45, 7) is 0. The Kier molecular flexibility index (Phi) is 2.60. The number of nitrogens with zero attached hydrogens (tertiary/aromatic N) is 1. The molecule has 0 aromatic carbocycles. The number of nitrogens with two attached hydrogens (primary N) is 2. The maximum atomic E-state index is 5.60. The molecule has 0 atom stereocenters. The van der Waals surface area contributed by atoms with Crippen LogP contribution in [0.1, 0.15) is 0 Å². The smallest absolute Gasteiger partial charge is 0.147 e. The van der Waals surface area contributed by atoms with Crippen LogP contribution < -0.4 is 11.5 Å². The molecular weight excluding hydrogens is 214 g/mol. The van der Waals surface area contributed by atoms with E-state index in [1.54, 1.807) is 29.2 Å². The molecule has 14 heavy (non-hydrogen) atoms. The normalized spacial score (nSPS) is 10.3. The Balaban J connectivity index is 2.22. The van der Waals surface area contributed by atoms with Crippen molar-refractivity contribution >= 4 is 34.6 Å². The van der Waals surface area contributed by atoms with E-state index in [9.17, 15) is 0 Å². The first-order valence-electron chi connectivity index (χ1n) is 3.99. The van der Waals surface area contributed by atoms with Crippen LogP contribution in [0, 0.1) is 0 Å². The second-order valence-electron chi connectivity index (χ2n) is 2.66. The number of rotatable bonds is 2. The predicted molar refractivity (Wildman–Crippen MR) is 61.5 cm³/mol. The zero-order valence-electron chi connectivity index (χ0n) is 7.31. The molecule has 2 heterocycles. The van der Waals surface area contributed by atoms with E-state index < -0.39 is 0 Å². The Morgan fingerprint density at radius 3 is 2.71 bits per heavy atom. The fourth-order valence-corrected chi connectivity index (χ4v) is 2.64. The Bertz CT molecular complexity index is 426. The first kappa shape index (κ1) is 9.36. The largest absolute Gasteiger partial charge is 0.396 e. The van der Waals surface area contributed by atoms with Crippen LogP contribution in [-0.2, 0) is 0 Å². The third-order valence-electron chi connectivity index (χ3n) is 1.63. The van der Waals surface area contributed by atoms with Gasteiger partial charge in [-0.3, -0.25) is 0 Å². The molecule has 3 nitrogen and oxygen atoms in total. The number of nitrogen functional groups attached to an aromatic ring is 2. The lowest BCUT2D eigenvalue weighted by Crippen LogP contribution is -1.97. The zero-order valence-corrected chi connectivity index (χ0v) is 8.94. The van der Waals surface area contributed by atoms with E-state index in [-0.39, 0.29) is 0 Å². The summed E-state index contributed by atoms with van der Waals surface area (Å²) in [6.07, 6.45) is 0. The zero-order chi connectivity index (χ0) is 9.97. The van der Waals surface area contributed by atoms with Crippen LogP contribution in [0.3, 0.4) is 0 Å². The number of hydrogen-bond donors (Lipinski definition) is 2. The van der Waals surface area contributed by atoms with Gasteiger partial charge in [0.25, 0.3) is 0 Å². The second-order valence-corrected chi connectivity index (χ2v) is 4.93. The minimum Gasteiger partial charge on any atom is -0.396 e. The highest BCUT2D eigenvalue weighted by atomic mass is 32.2. The average Bonchev–Trinajstić information content (AvgIpc) is 2.64. The van der Waals surface area contributed by atoms with Gasteiger partial charge in [0, 0.05) is 0 Å². The minimum absolute atomic E-state index is 0.395. The molecule has 0 saturated heterocycles. The molecule has 0 aliphatic carbocycles. The lowest BCUT2D eigenvalue weighted by atomic mass is 10.4. The minimum atomic E-state index is 0.395. The fourth-order valence-electron chi connectivity index (χ4n) is 0.948. The van der Waals surface area contributed by atoms with Crippen molar-refractivity contribution in [3.8, 4) is 0 Å². The van der Waals surface area contributed by atoms with Gasteiger partial charge in [0.05, 0.1) is 9.90 Å². The first-order chi connectivity index (χ1) is 6.75. The van der Waals surface area contributed by atoms with Gasteiger partial charge in [-0.05, 0) is 23.6 Å². The summed E-state index contributed by atoms with van der Waals surface area (Å²) in [5.74, 6) is 0.395. The van der Waals surface area contributed by atoms with E-state index in [4.69, 9.17) is 11.5 Å². The Labute approximate surface area is 90.2 Å². The van der Waals surface area contributed by atoms with Crippen molar-refractivity contribution in [2.24, 2.45) is 0 Å². The van der Waals surface area contributed by atoms with E-state index in [0.717, 1.165) is 5.03 Å². The lowest BCUT2D eigenvalue weighted by molar-refractivity contribution is 1.15. The topological polar surface area (TPSA) is 64.9 Å². The molecule has 2 aromatic heterocycles. The standard InChI is InChI=1S/C9H9N3S2/c10-6-3-4-7(12-9(6)11)14-8-2-1-5-13-8/h1-5H,10H2,(H2,11,12). The van der Waals surface area contributed by atoms with Crippen molar-refractivity contribution in [3.05, 3.63) is 29.6 Å². The van der Waals surface area contributed by atoms with Crippen LogP contribution in [0.15, 0.2) is 38.9 Å². The van der Waals surface area contributed by atoms with Crippen molar-refractivity contribution in [3.63, 3.8) is 0 Å². The molecule has 2 aromatic rings. The van der Waals surface area contributed by atoms with E-state index >= 15 is 0 Å². The van der Waals surface area contributed by atoms with Crippen LogP contribution in [-0.4, -0.2) is 4.98 Å². The molecular formula is C9H9N3S2. The summed E-state index contributed by atoms with van der Waals surface area (Å²) in [7, 11) is 0. The first-order valence-corrected chi connectivity index (χ1v) is 5.68. The van der Waals surface area contributed by atoms with E-state index in [1.807, 2.05) is 23.6 Å². The Morgan fingerprint density at radius 1 is 1.21 bits per heavy atom. The molecule has 2 rings (SSSR count). The monoisotopic (exact) mass is 223 g/mol. The quantitative estimate of drug-likeness (QED) is 0.820. The van der Waals surface area contributed by atoms with Crippen molar-refractivity contribution in [1.29, 1.82) is 0 Å². The Morgan fingerprint density at radius 2 is 2.07 bits per heavy atom. The highest BCUT2D eigenvalue weighted by Crippen LogP contribution is 2.31. The van der Waals surface area contributed by atoms with E-state index in [0.29, 0.717) is 11.5 Å². The van der Waals surface area contributed by atoms with Gasteiger partial charge in [-0.2, -0.15) is 0 Å². The van der Waals surface area contributed by atoms with Crippen LogP contribution >= 0.6 is 23.1 Å². The van der Waals surface area contributed by atoms with Gasteiger partial charge < -0.3 is 11.5 Å². The van der Waals surface area contributed by atoms with Gasteiger partial charge in [-0.1, -0.05) is 17.8 Å². The SMILES string of the molecule is Nc1ccc(Sc2cccs2)nc1N. The van der Waals surface area contributed by atoms with E-state index in [2.05, 4.69) is 4.98 Å². The van der Waals surface area contributed by atoms with Crippen LogP contribution in [0.5, 0.6) is 0 Å². The molecule has 0 saturated carbocycles. The second kappa shape index (κ2) is 3.89. The molecule has 0 aliphatic heterocycles. The maximum absolute atomic E-state index is 5.60. The number of pyridine rings is 1. The average molecular weight is 223 g/mol. The molecule has 0 aliphatic rings. The highest BCUT2D eigenvalue weighted by molar-refractivity contribution is 8.01. The van der Waals surface area contributed by atoms with Crippen molar-refractivity contribution in [2.45, 2.75) is 9.24 Å². The Hall–Kier alpha value is -1.20. The molecule has 0 bridgehead atoms. The third-order valence-corrected chi connectivity index (χ3v) is 3.61. The molecule has 0 spiro atoms. The summed E-state index contributed by atoms with van der Waals surface area (Å²) in [6, 6.07) is 7.70. The number of anilines is 2. The van der Waals surface area contributed by atoms with Gasteiger partial charge in [0.1, 0.15) is 10.8 Å². The van der Waals surface area contributed by atoms with Crippen LogP contribution in [0.2, 0.25) is 0 Å². The summed E-state index contributed by atoms with van der Waals surface area (Å²) < 4.78 is 1.20. The molecule has 0 fully saturated rings. The van der Waals surface area contributed by atoms with Crippen molar-refractivity contribution < 1.29 is 0 Å². The van der Waals surface area contributed by atoms with Crippen LogP contribution in [0.25, 0.3) is 0 Å². The maximum Gasteiger partial charge on any atom is 0.147 e. The summed E-state index contributed by atoms with van der Waals surface area (Å²) >= 11 is 3.27. The van der Waals surface area contributed by atoms with Crippen molar-refractivity contribution in [2.75, 3.05) is 11.5 Å². The van der Waals surface area contributed by atoms with Gasteiger partial charge in [0.2, 0.25) is 0 Å². The van der Waals surface area contributed by atoms with E-state index in [1.165, 1.54) is 4.21 Å². The molecule has 0 radical (unpaired) electrons. The number of hydrogen-bond acceptors (Lipinski definition) is 5. The molecule has 0 unspecified atom stereocenters. The van der Waals surface area contributed by atoms with Gasteiger partial charge >= 0.3 is 0 Å². The van der Waals surface area contributed by atoms with Gasteiger partial charge in [0.15, 0.2) is 0 Å². The molecule has 5 heteroatoms. The number of aromatic nitrogens is 1. The highest BCUT2D eigenvalue weighted by Gasteiger charge is 2.01. The summed E-state index contributed by atoms with van der Waals surface area (Å²) in [5.41, 5.74) is 11.7. The lowest BCUT2D eigenvalue weighted by Gasteiger charge is -2.01. The predicted octanol–water partition coefficient (Wildman–Crippen LogP) is 2.46.